The van der Waals surface area contributed by atoms with Crippen molar-refractivity contribution in [1.82, 2.24) is 4.90 Å². The van der Waals surface area contributed by atoms with Crippen molar-refractivity contribution in [2.24, 2.45) is 5.92 Å². The minimum Gasteiger partial charge on any atom is -0.299 e. The van der Waals surface area contributed by atoms with E-state index >= 15 is 0 Å². The number of likely N-dealkylation sites (tertiary alicyclic amines) is 1. The molecule has 3 heteroatoms. The Kier molecular flexibility index (Phi) is 3.89. The van der Waals surface area contributed by atoms with Crippen LogP contribution in [0.1, 0.15) is 25.3 Å². The second-order valence-electron chi connectivity index (χ2n) is 4.69. The average molecular weight is 235 g/mol. The molecule has 17 heavy (non-hydrogen) atoms. The zero-order valence-corrected chi connectivity index (χ0v) is 10.2. The lowest BCUT2D eigenvalue weighted by molar-refractivity contribution is -0.126. The molecule has 0 amide bonds. The van der Waals surface area contributed by atoms with Crippen LogP contribution in [0.5, 0.6) is 0 Å². The normalized spacial score (nSPS) is 21.8. The van der Waals surface area contributed by atoms with E-state index in [2.05, 4.69) is 4.90 Å². The van der Waals surface area contributed by atoms with Crippen molar-refractivity contribution in [2.75, 3.05) is 13.1 Å². The standard InChI is InChI=1S/C14H18FNO/c1-2-12-10-16(7-6-14(12)17)9-11-4-3-5-13(15)8-11/h3-5,8,12H,2,6-7,9-10H2,1H3. The van der Waals surface area contributed by atoms with Gasteiger partial charge < -0.3 is 0 Å². The summed E-state index contributed by atoms with van der Waals surface area (Å²) < 4.78 is 13.1. The highest BCUT2D eigenvalue weighted by Gasteiger charge is 2.25. The summed E-state index contributed by atoms with van der Waals surface area (Å²) >= 11 is 0. The van der Waals surface area contributed by atoms with Gasteiger partial charge in [0, 0.05) is 32.0 Å². The van der Waals surface area contributed by atoms with Gasteiger partial charge in [0.2, 0.25) is 0 Å². The second-order valence-corrected chi connectivity index (χ2v) is 4.69. The lowest BCUT2D eigenvalue weighted by Gasteiger charge is -2.31. The first-order valence-electron chi connectivity index (χ1n) is 6.18. The third-order valence-electron chi connectivity index (χ3n) is 3.40. The van der Waals surface area contributed by atoms with Crippen LogP contribution >= 0.6 is 0 Å². The lowest BCUT2D eigenvalue weighted by Crippen LogP contribution is -2.40. The molecule has 0 aliphatic carbocycles. The molecule has 0 N–H and O–H groups in total. The van der Waals surface area contributed by atoms with Crippen LogP contribution in [0, 0.1) is 11.7 Å². The summed E-state index contributed by atoms with van der Waals surface area (Å²) in [5.41, 5.74) is 0.981. The van der Waals surface area contributed by atoms with Gasteiger partial charge in [-0.3, -0.25) is 9.69 Å². The molecular weight excluding hydrogens is 217 g/mol. The second kappa shape index (κ2) is 5.41. The van der Waals surface area contributed by atoms with E-state index in [-0.39, 0.29) is 11.7 Å². The average Bonchev–Trinajstić information content (AvgIpc) is 2.32. The summed E-state index contributed by atoms with van der Waals surface area (Å²) in [6, 6.07) is 6.69. The van der Waals surface area contributed by atoms with Gasteiger partial charge >= 0.3 is 0 Å². The monoisotopic (exact) mass is 235 g/mol. The van der Waals surface area contributed by atoms with E-state index in [9.17, 15) is 9.18 Å². The number of piperidine rings is 1. The van der Waals surface area contributed by atoms with E-state index in [0.29, 0.717) is 12.2 Å². The number of carbonyl (C=O) groups excluding carboxylic acids is 1. The smallest absolute Gasteiger partial charge is 0.138 e. The number of nitrogens with zero attached hydrogens (tertiary/aromatic N) is 1. The summed E-state index contributed by atoms with van der Waals surface area (Å²) in [5, 5.41) is 0. The van der Waals surface area contributed by atoms with Crippen molar-refractivity contribution in [3.05, 3.63) is 35.6 Å². The Morgan fingerprint density at radius 2 is 2.29 bits per heavy atom. The SMILES string of the molecule is CCC1CN(Cc2cccc(F)c2)CCC1=O. The highest BCUT2D eigenvalue weighted by Crippen LogP contribution is 2.18. The Bertz CT molecular complexity index is 405. The van der Waals surface area contributed by atoms with Crippen LogP contribution in [0.3, 0.4) is 0 Å². The van der Waals surface area contributed by atoms with Gasteiger partial charge in [-0.05, 0) is 24.1 Å². The Morgan fingerprint density at radius 1 is 1.47 bits per heavy atom. The van der Waals surface area contributed by atoms with Gasteiger partial charge in [-0.1, -0.05) is 19.1 Å². The summed E-state index contributed by atoms with van der Waals surface area (Å²) in [4.78, 5) is 13.8. The molecule has 1 atom stereocenters. The molecule has 0 bridgehead atoms. The fourth-order valence-corrected chi connectivity index (χ4v) is 2.37. The Hall–Kier alpha value is -1.22. The largest absolute Gasteiger partial charge is 0.299 e. The molecule has 1 saturated heterocycles. The number of carbonyl (C=O) groups is 1. The highest BCUT2D eigenvalue weighted by atomic mass is 19.1. The molecule has 1 aromatic rings. The van der Waals surface area contributed by atoms with E-state index in [1.165, 1.54) is 6.07 Å². The zero-order chi connectivity index (χ0) is 12.3. The lowest BCUT2D eigenvalue weighted by atomic mass is 9.94. The fraction of sp³-hybridized carbons (Fsp3) is 0.500. The molecule has 1 unspecified atom stereocenters. The van der Waals surface area contributed by atoms with E-state index in [4.69, 9.17) is 0 Å². The molecule has 2 nitrogen and oxygen atoms in total. The molecule has 0 radical (unpaired) electrons. The van der Waals surface area contributed by atoms with Gasteiger partial charge in [0.1, 0.15) is 11.6 Å². The van der Waals surface area contributed by atoms with Crippen molar-refractivity contribution < 1.29 is 9.18 Å². The number of Topliss-reactive ketones (excluding diaryl/α,β-unsaturated/α-hetero) is 1. The number of rotatable bonds is 3. The van der Waals surface area contributed by atoms with E-state index in [0.717, 1.165) is 31.6 Å². The van der Waals surface area contributed by atoms with Gasteiger partial charge in [-0.2, -0.15) is 0 Å². The summed E-state index contributed by atoms with van der Waals surface area (Å²) in [6.45, 7) is 4.40. The molecule has 92 valence electrons. The van der Waals surface area contributed by atoms with Crippen LogP contribution in [0.4, 0.5) is 4.39 Å². The van der Waals surface area contributed by atoms with Crippen molar-refractivity contribution in [2.45, 2.75) is 26.3 Å². The molecule has 1 aromatic carbocycles. The van der Waals surface area contributed by atoms with E-state index < -0.39 is 0 Å². The summed E-state index contributed by atoms with van der Waals surface area (Å²) in [5.74, 6) is 0.350. The van der Waals surface area contributed by atoms with E-state index in [1.807, 2.05) is 13.0 Å². The van der Waals surface area contributed by atoms with Crippen molar-refractivity contribution in [1.29, 1.82) is 0 Å². The van der Waals surface area contributed by atoms with Crippen LogP contribution in [-0.4, -0.2) is 23.8 Å². The first-order chi connectivity index (χ1) is 8.19. The van der Waals surface area contributed by atoms with E-state index in [1.54, 1.807) is 12.1 Å². The maximum Gasteiger partial charge on any atom is 0.138 e. The predicted octanol–water partition coefficient (Wildman–Crippen LogP) is 2.63. The van der Waals surface area contributed by atoms with Gasteiger partial charge in [0.25, 0.3) is 0 Å². The van der Waals surface area contributed by atoms with Gasteiger partial charge in [-0.25, -0.2) is 4.39 Å². The van der Waals surface area contributed by atoms with Gasteiger partial charge in [-0.15, -0.1) is 0 Å². The summed E-state index contributed by atoms with van der Waals surface area (Å²) in [6.07, 6.45) is 1.53. The quantitative estimate of drug-likeness (QED) is 0.802. The third kappa shape index (κ3) is 3.13. The van der Waals surface area contributed by atoms with Crippen LogP contribution < -0.4 is 0 Å². The van der Waals surface area contributed by atoms with Gasteiger partial charge in [0.15, 0.2) is 0 Å². The third-order valence-corrected chi connectivity index (χ3v) is 3.40. The molecule has 0 saturated carbocycles. The van der Waals surface area contributed by atoms with Crippen molar-refractivity contribution in [3.63, 3.8) is 0 Å². The maximum absolute atomic E-state index is 13.1. The number of benzene rings is 1. The van der Waals surface area contributed by atoms with Crippen molar-refractivity contribution in [3.8, 4) is 0 Å². The minimum absolute atomic E-state index is 0.164. The number of hydrogen-bond donors (Lipinski definition) is 0. The topological polar surface area (TPSA) is 20.3 Å². The molecule has 2 rings (SSSR count). The fourth-order valence-electron chi connectivity index (χ4n) is 2.37. The molecule has 0 aromatic heterocycles. The Labute approximate surface area is 101 Å². The highest BCUT2D eigenvalue weighted by molar-refractivity contribution is 5.82. The van der Waals surface area contributed by atoms with Crippen LogP contribution in [-0.2, 0) is 11.3 Å². The zero-order valence-electron chi connectivity index (χ0n) is 10.2. The maximum atomic E-state index is 13.1. The Morgan fingerprint density at radius 3 is 3.00 bits per heavy atom. The number of ketones is 1. The van der Waals surface area contributed by atoms with Crippen LogP contribution in [0.2, 0.25) is 0 Å². The predicted molar refractivity (Wildman–Crippen MR) is 65.1 cm³/mol. The first kappa shape index (κ1) is 12.2. The molecule has 1 fully saturated rings. The van der Waals surface area contributed by atoms with Crippen LogP contribution in [0.15, 0.2) is 24.3 Å². The van der Waals surface area contributed by atoms with Gasteiger partial charge in [0.05, 0.1) is 0 Å². The molecule has 1 heterocycles. The first-order valence-corrected chi connectivity index (χ1v) is 6.18. The van der Waals surface area contributed by atoms with Crippen molar-refractivity contribution >= 4 is 5.78 Å². The van der Waals surface area contributed by atoms with Crippen LogP contribution in [0.25, 0.3) is 0 Å². The Balaban J connectivity index is 1.98. The number of hydrogen-bond acceptors (Lipinski definition) is 2. The molecule has 0 spiro atoms. The minimum atomic E-state index is -0.192. The summed E-state index contributed by atoms with van der Waals surface area (Å²) in [7, 11) is 0. The molecule has 1 aliphatic heterocycles. The molecular formula is C14H18FNO. The molecule has 1 aliphatic rings. The number of halogens is 1.